The van der Waals surface area contributed by atoms with E-state index in [1.54, 1.807) is 6.92 Å². The van der Waals surface area contributed by atoms with E-state index in [0.29, 0.717) is 6.42 Å². The number of amides is 2. The van der Waals surface area contributed by atoms with Gasteiger partial charge in [0.2, 0.25) is 0 Å². The minimum Gasteiger partial charge on any atom is -0.393 e. The van der Waals surface area contributed by atoms with E-state index >= 15 is 0 Å². The van der Waals surface area contributed by atoms with Crippen LogP contribution < -0.4 is 0 Å². The Kier molecular flexibility index (Phi) is 3.39. The molecule has 0 aliphatic carbocycles. The quantitative estimate of drug-likeness (QED) is 0.584. The summed E-state index contributed by atoms with van der Waals surface area (Å²) in [4.78, 5) is 23.4. The number of carbonyl (C=O) groups is 2. The van der Waals surface area contributed by atoms with Crippen LogP contribution in [-0.4, -0.2) is 47.7 Å². The van der Waals surface area contributed by atoms with Crippen molar-refractivity contribution in [3.63, 3.8) is 0 Å². The van der Waals surface area contributed by atoms with Crippen LogP contribution in [0.5, 0.6) is 0 Å². The van der Waals surface area contributed by atoms with Crippen molar-refractivity contribution in [1.29, 1.82) is 0 Å². The van der Waals surface area contributed by atoms with Gasteiger partial charge in [-0.2, -0.15) is 0 Å². The normalized spacial score (nSPS) is 20.6. The van der Waals surface area contributed by atoms with Gasteiger partial charge in [0.05, 0.1) is 6.10 Å². The predicted octanol–water partition coefficient (Wildman–Crippen LogP) is -0.857. The van der Waals surface area contributed by atoms with Gasteiger partial charge in [0.25, 0.3) is 11.8 Å². The Bertz CT molecular complexity index is 198. The highest BCUT2D eigenvalue weighted by molar-refractivity contribution is 5.98. The van der Waals surface area contributed by atoms with Crippen LogP contribution in [0.2, 0.25) is 0 Å². The van der Waals surface area contributed by atoms with Gasteiger partial charge in [-0.05, 0) is 13.3 Å². The number of hydrogen-bond acceptors (Lipinski definition) is 4. The van der Waals surface area contributed by atoms with Crippen LogP contribution in [-0.2, 0) is 14.3 Å². The molecule has 0 saturated carbocycles. The van der Waals surface area contributed by atoms with E-state index < -0.39 is 6.10 Å². The SMILES string of the molecule is CC(O)CCN1C(=O)COCC1=O. The molecule has 0 radical (unpaired) electrons. The third-order valence-electron chi connectivity index (χ3n) is 1.82. The maximum atomic E-state index is 11.1. The van der Waals surface area contributed by atoms with E-state index in [0.717, 1.165) is 4.90 Å². The van der Waals surface area contributed by atoms with E-state index in [1.807, 2.05) is 0 Å². The fourth-order valence-corrected chi connectivity index (χ4v) is 1.09. The summed E-state index contributed by atoms with van der Waals surface area (Å²) < 4.78 is 4.73. The zero-order valence-electron chi connectivity index (χ0n) is 7.52. The van der Waals surface area contributed by atoms with Crippen molar-refractivity contribution >= 4 is 11.8 Å². The molecular formula is C8H13NO4. The molecule has 1 atom stereocenters. The lowest BCUT2D eigenvalue weighted by Gasteiger charge is -2.25. The molecule has 1 fully saturated rings. The number of aliphatic hydroxyl groups excluding tert-OH is 1. The molecule has 0 aromatic carbocycles. The summed E-state index contributed by atoms with van der Waals surface area (Å²) in [6, 6.07) is 0. The average molecular weight is 187 g/mol. The van der Waals surface area contributed by atoms with Crippen LogP contribution in [0.25, 0.3) is 0 Å². The first-order chi connectivity index (χ1) is 6.11. The Morgan fingerprint density at radius 3 is 2.46 bits per heavy atom. The summed E-state index contributed by atoms with van der Waals surface area (Å²) in [7, 11) is 0. The van der Waals surface area contributed by atoms with Gasteiger partial charge >= 0.3 is 0 Å². The van der Waals surface area contributed by atoms with E-state index in [-0.39, 0.29) is 31.6 Å². The molecule has 1 unspecified atom stereocenters. The molecule has 1 saturated heterocycles. The van der Waals surface area contributed by atoms with Gasteiger partial charge in [0.1, 0.15) is 13.2 Å². The molecule has 13 heavy (non-hydrogen) atoms. The second-order valence-corrected chi connectivity index (χ2v) is 3.07. The zero-order chi connectivity index (χ0) is 9.84. The molecule has 5 heteroatoms. The number of morpholine rings is 1. The van der Waals surface area contributed by atoms with E-state index in [2.05, 4.69) is 0 Å². The molecule has 1 heterocycles. The lowest BCUT2D eigenvalue weighted by molar-refractivity contribution is -0.158. The number of ether oxygens (including phenoxy) is 1. The van der Waals surface area contributed by atoms with Gasteiger partial charge in [-0.15, -0.1) is 0 Å². The number of imide groups is 1. The van der Waals surface area contributed by atoms with Gasteiger partial charge in [0, 0.05) is 6.54 Å². The molecule has 1 N–H and O–H groups in total. The van der Waals surface area contributed by atoms with E-state index in [9.17, 15) is 9.59 Å². The van der Waals surface area contributed by atoms with Crippen molar-refractivity contribution in [3.8, 4) is 0 Å². The van der Waals surface area contributed by atoms with E-state index in [4.69, 9.17) is 9.84 Å². The summed E-state index contributed by atoms with van der Waals surface area (Å²) in [6.45, 7) is 1.82. The predicted molar refractivity (Wildman–Crippen MR) is 43.8 cm³/mol. The van der Waals surface area contributed by atoms with Crippen molar-refractivity contribution in [2.45, 2.75) is 19.4 Å². The van der Waals surface area contributed by atoms with Crippen molar-refractivity contribution in [1.82, 2.24) is 4.90 Å². The Labute approximate surface area is 76.3 Å². The maximum absolute atomic E-state index is 11.1. The molecule has 2 amide bonds. The maximum Gasteiger partial charge on any atom is 0.255 e. The highest BCUT2D eigenvalue weighted by atomic mass is 16.5. The fraction of sp³-hybridized carbons (Fsp3) is 0.750. The second kappa shape index (κ2) is 4.34. The Hall–Kier alpha value is -0.940. The monoisotopic (exact) mass is 187 g/mol. The molecule has 0 spiro atoms. The van der Waals surface area contributed by atoms with Crippen molar-refractivity contribution < 1.29 is 19.4 Å². The van der Waals surface area contributed by atoms with Crippen LogP contribution in [0.4, 0.5) is 0 Å². The molecular weight excluding hydrogens is 174 g/mol. The molecule has 0 bridgehead atoms. The molecule has 0 aromatic heterocycles. The number of rotatable bonds is 3. The summed E-state index contributed by atoms with van der Waals surface area (Å²) in [5.74, 6) is -0.645. The van der Waals surface area contributed by atoms with Gasteiger partial charge in [-0.1, -0.05) is 0 Å². The topological polar surface area (TPSA) is 66.8 Å². The first kappa shape index (κ1) is 10.1. The molecule has 1 rings (SSSR count). The highest BCUT2D eigenvalue weighted by Crippen LogP contribution is 2.03. The van der Waals surface area contributed by atoms with Crippen LogP contribution in [0, 0.1) is 0 Å². The first-order valence-corrected chi connectivity index (χ1v) is 4.20. The van der Waals surface area contributed by atoms with Gasteiger partial charge in [0.15, 0.2) is 0 Å². The largest absolute Gasteiger partial charge is 0.393 e. The summed E-state index contributed by atoms with van der Waals surface area (Å²) in [5, 5.41) is 8.98. The highest BCUT2D eigenvalue weighted by Gasteiger charge is 2.26. The third kappa shape index (κ3) is 2.78. The Morgan fingerprint density at radius 2 is 2.00 bits per heavy atom. The van der Waals surface area contributed by atoms with Gasteiger partial charge < -0.3 is 9.84 Å². The van der Waals surface area contributed by atoms with Crippen molar-refractivity contribution in [2.24, 2.45) is 0 Å². The smallest absolute Gasteiger partial charge is 0.255 e. The fourth-order valence-electron chi connectivity index (χ4n) is 1.09. The number of aliphatic hydroxyl groups is 1. The zero-order valence-corrected chi connectivity index (χ0v) is 7.52. The lowest BCUT2D eigenvalue weighted by atomic mass is 10.2. The van der Waals surface area contributed by atoms with Gasteiger partial charge in [-0.3, -0.25) is 14.5 Å². The molecule has 5 nitrogen and oxygen atoms in total. The van der Waals surface area contributed by atoms with Crippen LogP contribution in [0.3, 0.4) is 0 Å². The van der Waals surface area contributed by atoms with Crippen LogP contribution in [0.15, 0.2) is 0 Å². The van der Waals surface area contributed by atoms with Crippen molar-refractivity contribution in [3.05, 3.63) is 0 Å². The summed E-state index contributed by atoms with van der Waals surface area (Å²) in [5.41, 5.74) is 0. The molecule has 1 aliphatic rings. The van der Waals surface area contributed by atoms with Crippen LogP contribution in [0.1, 0.15) is 13.3 Å². The molecule has 0 aromatic rings. The number of nitrogens with zero attached hydrogens (tertiary/aromatic N) is 1. The second-order valence-electron chi connectivity index (χ2n) is 3.07. The minimum atomic E-state index is -0.497. The van der Waals surface area contributed by atoms with E-state index in [1.165, 1.54) is 0 Å². The molecule has 74 valence electrons. The standard InChI is InChI=1S/C8H13NO4/c1-6(10)2-3-9-7(11)4-13-5-8(9)12/h6,10H,2-5H2,1H3. The minimum absolute atomic E-state index is 0.0362. The van der Waals surface area contributed by atoms with Gasteiger partial charge in [-0.25, -0.2) is 0 Å². The Balaban J connectivity index is 2.44. The number of hydrogen-bond donors (Lipinski definition) is 1. The third-order valence-corrected chi connectivity index (χ3v) is 1.82. The Morgan fingerprint density at radius 1 is 1.46 bits per heavy atom. The lowest BCUT2D eigenvalue weighted by Crippen LogP contribution is -2.47. The summed E-state index contributed by atoms with van der Waals surface area (Å²) in [6.07, 6.45) is -0.0826. The first-order valence-electron chi connectivity index (χ1n) is 4.20. The number of carbonyl (C=O) groups excluding carboxylic acids is 2. The van der Waals surface area contributed by atoms with Crippen LogP contribution >= 0.6 is 0 Å². The average Bonchev–Trinajstić information content (AvgIpc) is 2.03. The molecule has 1 aliphatic heterocycles. The summed E-state index contributed by atoms with van der Waals surface area (Å²) >= 11 is 0. The van der Waals surface area contributed by atoms with Crippen molar-refractivity contribution in [2.75, 3.05) is 19.8 Å².